The number of β-amino-alcohol motifs (C(OH)–C–C–N with tert-alkyl or cyclic N) is 1. The molecule has 0 saturated carbocycles. The van der Waals surface area contributed by atoms with Crippen LogP contribution < -0.4 is 11.1 Å². The zero-order valence-corrected chi connectivity index (χ0v) is 21.5. The van der Waals surface area contributed by atoms with Crippen molar-refractivity contribution in [1.29, 1.82) is 0 Å². The first kappa shape index (κ1) is 28.3. The molecule has 0 amide bonds. The lowest BCUT2D eigenvalue weighted by atomic mass is 9.99. The van der Waals surface area contributed by atoms with E-state index in [0.29, 0.717) is 12.2 Å². The molecule has 6 heteroatoms. The van der Waals surface area contributed by atoms with Gasteiger partial charge in [-0.2, -0.15) is 0 Å². The Balaban J connectivity index is 0.00000101. The molecule has 3 aromatic rings. The van der Waals surface area contributed by atoms with Crippen molar-refractivity contribution in [3.63, 3.8) is 0 Å². The molecular formula is C27H43N5O. The van der Waals surface area contributed by atoms with Crippen LogP contribution in [0.25, 0.3) is 16.6 Å². The third kappa shape index (κ3) is 8.98. The van der Waals surface area contributed by atoms with E-state index in [1.54, 1.807) is 0 Å². The summed E-state index contributed by atoms with van der Waals surface area (Å²) in [7, 11) is 0. The number of anilines is 1. The van der Waals surface area contributed by atoms with Crippen LogP contribution in [-0.2, 0) is 6.54 Å². The topological polar surface area (TPSA) is 89.0 Å². The SMILES string of the molecule is C=C(C)c1cc2ccn(CCC(C)(C)NC[C@H](O)c3cccc(N)c3)c2nn1.CC.CCC. The van der Waals surface area contributed by atoms with Gasteiger partial charge in [0.25, 0.3) is 0 Å². The standard InChI is InChI=1S/C22H29N5O.C3H8.C2H6/c1-15(2)19-13-17-8-10-27(21(17)26-25-19)11-9-22(3,4)24-14-20(28)16-6-5-7-18(23)12-16;1-3-2;1-2/h5-8,10,12-13,20,24,28H,1,9,11,14,23H2,2-4H3;3H2,1-2H3;1-2H3/t20-;;/m0../s1. The molecule has 4 N–H and O–H groups in total. The van der Waals surface area contributed by atoms with Gasteiger partial charge in [0, 0.05) is 35.9 Å². The van der Waals surface area contributed by atoms with Crippen molar-refractivity contribution >= 4 is 22.3 Å². The summed E-state index contributed by atoms with van der Waals surface area (Å²) in [5, 5.41) is 23.6. The highest BCUT2D eigenvalue weighted by atomic mass is 16.3. The second-order valence-electron chi connectivity index (χ2n) is 8.71. The van der Waals surface area contributed by atoms with Crippen LogP contribution >= 0.6 is 0 Å². The Morgan fingerprint density at radius 2 is 1.85 bits per heavy atom. The molecule has 33 heavy (non-hydrogen) atoms. The Kier molecular flexibility index (Phi) is 11.8. The van der Waals surface area contributed by atoms with Crippen LogP contribution in [0.4, 0.5) is 5.69 Å². The molecule has 1 aromatic carbocycles. The lowest BCUT2D eigenvalue weighted by molar-refractivity contribution is 0.158. The minimum atomic E-state index is -0.596. The number of aromatic nitrogens is 3. The molecule has 3 rings (SSSR count). The molecule has 6 nitrogen and oxygen atoms in total. The van der Waals surface area contributed by atoms with Crippen LogP contribution in [0.15, 0.2) is 49.2 Å². The summed E-state index contributed by atoms with van der Waals surface area (Å²) in [4.78, 5) is 0. The van der Waals surface area contributed by atoms with Crippen molar-refractivity contribution in [1.82, 2.24) is 20.1 Å². The molecule has 0 bridgehead atoms. The summed E-state index contributed by atoms with van der Waals surface area (Å²) >= 11 is 0. The van der Waals surface area contributed by atoms with E-state index in [1.165, 1.54) is 6.42 Å². The van der Waals surface area contributed by atoms with Gasteiger partial charge in [0.2, 0.25) is 0 Å². The number of aliphatic hydroxyl groups excluding tert-OH is 1. The van der Waals surface area contributed by atoms with Gasteiger partial charge >= 0.3 is 0 Å². The average molecular weight is 454 g/mol. The third-order valence-electron chi connectivity index (χ3n) is 4.99. The Labute approximate surface area is 199 Å². The average Bonchev–Trinajstić information content (AvgIpc) is 3.20. The van der Waals surface area contributed by atoms with E-state index in [4.69, 9.17) is 5.73 Å². The quantitative estimate of drug-likeness (QED) is 0.365. The molecule has 1 atom stereocenters. The third-order valence-corrected chi connectivity index (χ3v) is 4.99. The number of hydrogen-bond donors (Lipinski definition) is 3. The molecule has 2 aromatic heterocycles. The van der Waals surface area contributed by atoms with Crippen LogP contribution in [0, 0.1) is 0 Å². The van der Waals surface area contributed by atoms with Crippen molar-refractivity contribution in [2.75, 3.05) is 12.3 Å². The van der Waals surface area contributed by atoms with Gasteiger partial charge in [-0.05, 0) is 62.6 Å². The van der Waals surface area contributed by atoms with Crippen LogP contribution in [0.5, 0.6) is 0 Å². The smallest absolute Gasteiger partial charge is 0.162 e. The first-order valence-electron chi connectivity index (χ1n) is 11.9. The summed E-state index contributed by atoms with van der Waals surface area (Å²) in [5.41, 5.74) is 9.74. The van der Waals surface area contributed by atoms with Gasteiger partial charge in [-0.15, -0.1) is 10.2 Å². The summed E-state index contributed by atoms with van der Waals surface area (Å²) in [6.07, 6.45) is 3.57. The van der Waals surface area contributed by atoms with Gasteiger partial charge in [0.05, 0.1) is 11.8 Å². The van der Waals surface area contributed by atoms with Crippen molar-refractivity contribution in [3.8, 4) is 0 Å². The zero-order valence-electron chi connectivity index (χ0n) is 21.5. The minimum absolute atomic E-state index is 0.150. The highest BCUT2D eigenvalue weighted by Crippen LogP contribution is 2.20. The van der Waals surface area contributed by atoms with Crippen LogP contribution in [-0.4, -0.2) is 32.0 Å². The second kappa shape index (κ2) is 13.8. The summed E-state index contributed by atoms with van der Waals surface area (Å²) < 4.78 is 2.11. The number of nitrogens with one attached hydrogen (secondary N) is 1. The monoisotopic (exact) mass is 453 g/mol. The maximum atomic E-state index is 10.4. The fourth-order valence-electron chi connectivity index (χ4n) is 3.12. The number of hydrogen-bond acceptors (Lipinski definition) is 5. The van der Waals surface area contributed by atoms with Crippen LogP contribution in [0.2, 0.25) is 0 Å². The van der Waals surface area contributed by atoms with Gasteiger partial charge < -0.3 is 20.7 Å². The van der Waals surface area contributed by atoms with Crippen LogP contribution in [0.3, 0.4) is 0 Å². The van der Waals surface area contributed by atoms with Crippen LogP contribution in [0.1, 0.15) is 78.7 Å². The fourth-order valence-corrected chi connectivity index (χ4v) is 3.12. The van der Waals surface area contributed by atoms with Crippen molar-refractivity contribution in [2.45, 2.75) is 79.5 Å². The van der Waals surface area contributed by atoms with Crippen molar-refractivity contribution < 1.29 is 5.11 Å². The van der Waals surface area contributed by atoms with Gasteiger partial charge in [-0.1, -0.05) is 52.8 Å². The fraction of sp³-hybridized carbons (Fsp3) is 0.481. The molecule has 0 aliphatic heterocycles. The number of rotatable bonds is 8. The van der Waals surface area contributed by atoms with E-state index in [0.717, 1.165) is 40.8 Å². The summed E-state index contributed by atoms with van der Waals surface area (Å²) in [5.74, 6) is 0. The number of allylic oxidation sites excluding steroid dienone is 1. The molecule has 2 heterocycles. The zero-order chi connectivity index (χ0) is 25.0. The molecule has 0 spiro atoms. The molecule has 182 valence electrons. The second-order valence-corrected chi connectivity index (χ2v) is 8.71. The Hall–Kier alpha value is -2.70. The van der Waals surface area contributed by atoms with Gasteiger partial charge in [0.1, 0.15) is 0 Å². The van der Waals surface area contributed by atoms with E-state index in [1.807, 2.05) is 57.3 Å². The highest BCUT2D eigenvalue weighted by molar-refractivity contribution is 5.78. The van der Waals surface area contributed by atoms with Gasteiger partial charge in [0.15, 0.2) is 5.65 Å². The number of nitrogens with zero attached hydrogens (tertiary/aromatic N) is 3. The number of fused-ring (bicyclic) bond motifs is 1. The first-order chi connectivity index (χ1) is 15.7. The molecule has 0 saturated heterocycles. The molecule has 0 fully saturated rings. The molecule has 0 aliphatic rings. The summed E-state index contributed by atoms with van der Waals surface area (Å²) in [6, 6.07) is 11.4. The maximum Gasteiger partial charge on any atom is 0.162 e. The first-order valence-corrected chi connectivity index (χ1v) is 11.9. The molecule has 0 aliphatic carbocycles. The molecule has 0 unspecified atom stereocenters. The summed E-state index contributed by atoms with van der Waals surface area (Å²) in [6.45, 7) is 19.6. The Bertz CT molecular complexity index is 993. The predicted octanol–water partition coefficient (Wildman–Crippen LogP) is 5.98. The normalized spacial score (nSPS) is 11.8. The number of benzene rings is 1. The van der Waals surface area contributed by atoms with Gasteiger partial charge in [-0.3, -0.25) is 0 Å². The Morgan fingerprint density at radius 3 is 2.45 bits per heavy atom. The van der Waals surface area contributed by atoms with E-state index < -0.39 is 6.10 Å². The number of aliphatic hydroxyl groups is 1. The highest BCUT2D eigenvalue weighted by Gasteiger charge is 2.20. The van der Waals surface area contributed by atoms with Crippen molar-refractivity contribution in [2.24, 2.45) is 0 Å². The minimum Gasteiger partial charge on any atom is -0.399 e. The van der Waals surface area contributed by atoms with E-state index in [2.05, 4.69) is 60.4 Å². The molecule has 0 radical (unpaired) electrons. The lowest BCUT2D eigenvalue weighted by Gasteiger charge is -2.28. The largest absolute Gasteiger partial charge is 0.399 e. The van der Waals surface area contributed by atoms with Crippen molar-refractivity contribution in [3.05, 3.63) is 60.4 Å². The number of nitrogens with two attached hydrogens (primary N) is 1. The Morgan fingerprint density at radius 1 is 1.18 bits per heavy atom. The maximum absolute atomic E-state index is 10.4. The number of nitrogen functional groups attached to an aromatic ring is 1. The van der Waals surface area contributed by atoms with E-state index in [9.17, 15) is 5.11 Å². The number of aryl methyl sites for hydroxylation is 1. The molecular weight excluding hydrogens is 410 g/mol. The van der Waals surface area contributed by atoms with E-state index in [-0.39, 0.29) is 5.54 Å². The predicted molar refractivity (Wildman–Crippen MR) is 142 cm³/mol. The van der Waals surface area contributed by atoms with E-state index >= 15 is 0 Å². The van der Waals surface area contributed by atoms with Gasteiger partial charge in [-0.25, -0.2) is 0 Å². The lowest BCUT2D eigenvalue weighted by Crippen LogP contribution is -2.42.